The van der Waals surface area contributed by atoms with Gasteiger partial charge < -0.3 is 5.73 Å². The van der Waals surface area contributed by atoms with E-state index in [9.17, 15) is 0 Å². The number of hydrogen-bond acceptors (Lipinski definition) is 2. The summed E-state index contributed by atoms with van der Waals surface area (Å²) < 4.78 is 1.89. The molecular formula is C11H13N3. The van der Waals surface area contributed by atoms with Gasteiger partial charge in [0.1, 0.15) is 0 Å². The van der Waals surface area contributed by atoms with E-state index in [0.717, 1.165) is 5.69 Å². The van der Waals surface area contributed by atoms with Crippen molar-refractivity contribution in [2.75, 3.05) is 5.73 Å². The van der Waals surface area contributed by atoms with Gasteiger partial charge in [0.2, 0.25) is 5.95 Å². The minimum atomic E-state index is 0.527. The molecule has 2 aromatic rings. The highest BCUT2D eigenvalue weighted by atomic mass is 15.1. The largest absolute Gasteiger partial charge is 0.369 e. The van der Waals surface area contributed by atoms with Gasteiger partial charge in [-0.1, -0.05) is 12.1 Å². The first-order valence-electron chi connectivity index (χ1n) is 4.55. The van der Waals surface area contributed by atoms with Gasteiger partial charge in [0, 0.05) is 12.4 Å². The molecule has 0 aliphatic carbocycles. The lowest BCUT2D eigenvalue weighted by Crippen LogP contribution is -2.01. The standard InChI is InChI=1S/C11H13N3/c1-8-3-4-9(2)10(7-8)14-6-5-13-11(14)12/h3-7H,1-2H3,(H2,12,13). The van der Waals surface area contributed by atoms with Crippen LogP contribution in [0.25, 0.3) is 5.69 Å². The van der Waals surface area contributed by atoms with Crippen molar-refractivity contribution in [3.05, 3.63) is 41.7 Å². The number of hydrogen-bond donors (Lipinski definition) is 1. The molecule has 0 unspecified atom stereocenters. The van der Waals surface area contributed by atoms with E-state index in [1.807, 2.05) is 10.8 Å². The van der Waals surface area contributed by atoms with E-state index in [2.05, 4.69) is 37.0 Å². The molecule has 0 amide bonds. The molecule has 0 atom stereocenters. The summed E-state index contributed by atoms with van der Waals surface area (Å²) in [7, 11) is 0. The van der Waals surface area contributed by atoms with Crippen LogP contribution in [0.2, 0.25) is 0 Å². The van der Waals surface area contributed by atoms with E-state index in [1.54, 1.807) is 6.20 Å². The second-order valence-electron chi connectivity index (χ2n) is 3.45. The zero-order valence-electron chi connectivity index (χ0n) is 8.36. The molecule has 0 fully saturated rings. The summed E-state index contributed by atoms with van der Waals surface area (Å²) in [5.74, 6) is 0.527. The topological polar surface area (TPSA) is 43.8 Å². The third-order valence-corrected chi connectivity index (χ3v) is 2.29. The Labute approximate surface area is 83.2 Å². The monoisotopic (exact) mass is 187 g/mol. The number of nitrogen functional groups attached to an aromatic ring is 1. The molecule has 1 heterocycles. The molecule has 0 spiro atoms. The molecule has 0 saturated carbocycles. The minimum absolute atomic E-state index is 0.527. The molecule has 0 saturated heterocycles. The van der Waals surface area contributed by atoms with Crippen LogP contribution in [0.4, 0.5) is 5.95 Å². The van der Waals surface area contributed by atoms with E-state index >= 15 is 0 Å². The van der Waals surface area contributed by atoms with E-state index in [4.69, 9.17) is 5.73 Å². The van der Waals surface area contributed by atoms with Crippen molar-refractivity contribution in [3.63, 3.8) is 0 Å². The number of rotatable bonds is 1. The zero-order valence-corrected chi connectivity index (χ0v) is 8.36. The molecule has 3 heteroatoms. The lowest BCUT2D eigenvalue weighted by atomic mass is 10.1. The van der Waals surface area contributed by atoms with Gasteiger partial charge in [0.05, 0.1) is 5.69 Å². The predicted molar refractivity (Wildman–Crippen MR) is 57.5 cm³/mol. The van der Waals surface area contributed by atoms with Crippen molar-refractivity contribution in [2.24, 2.45) is 0 Å². The van der Waals surface area contributed by atoms with Gasteiger partial charge in [-0.15, -0.1) is 0 Å². The summed E-state index contributed by atoms with van der Waals surface area (Å²) in [4.78, 5) is 4.00. The summed E-state index contributed by atoms with van der Waals surface area (Å²) in [5, 5.41) is 0. The maximum atomic E-state index is 5.74. The highest BCUT2D eigenvalue weighted by molar-refractivity contribution is 5.47. The van der Waals surface area contributed by atoms with Crippen LogP contribution >= 0.6 is 0 Å². The van der Waals surface area contributed by atoms with Gasteiger partial charge in [0.15, 0.2) is 0 Å². The number of imidazole rings is 1. The van der Waals surface area contributed by atoms with Crippen LogP contribution in [0.5, 0.6) is 0 Å². The summed E-state index contributed by atoms with van der Waals surface area (Å²) in [6.07, 6.45) is 3.58. The van der Waals surface area contributed by atoms with E-state index in [0.29, 0.717) is 5.95 Å². The fraction of sp³-hybridized carbons (Fsp3) is 0.182. The van der Waals surface area contributed by atoms with Crippen LogP contribution in [0.15, 0.2) is 30.6 Å². The Morgan fingerprint density at radius 3 is 2.71 bits per heavy atom. The van der Waals surface area contributed by atoms with Crippen molar-refractivity contribution in [3.8, 4) is 5.69 Å². The second-order valence-corrected chi connectivity index (χ2v) is 3.45. The first-order chi connectivity index (χ1) is 6.68. The Morgan fingerprint density at radius 1 is 1.29 bits per heavy atom. The third-order valence-electron chi connectivity index (χ3n) is 2.29. The first-order valence-corrected chi connectivity index (χ1v) is 4.55. The maximum absolute atomic E-state index is 5.74. The molecule has 1 aromatic heterocycles. The lowest BCUT2D eigenvalue weighted by Gasteiger charge is -2.09. The summed E-state index contributed by atoms with van der Waals surface area (Å²) in [6.45, 7) is 4.13. The molecule has 72 valence electrons. The first kappa shape index (κ1) is 8.81. The van der Waals surface area contributed by atoms with Crippen molar-refractivity contribution in [2.45, 2.75) is 13.8 Å². The van der Waals surface area contributed by atoms with Gasteiger partial charge in [-0.2, -0.15) is 0 Å². The Hall–Kier alpha value is -1.77. The van der Waals surface area contributed by atoms with E-state index in [-0.39, 0.29) is 0 Å². The predicted octanol–water partition coefficient (Wildman–Crippen LogP) is 2.07. The average Bonchev–Trinajstić information content (AvgIpc) is 2.56. The molecular weight excluding hydrogens is 174 g/mol. The summed E-state index contributed by atoms with van der Waals surface area (Å²) in [5.41, 5.74) is 9.26. The average molecular weight is 187 g/mol. The Morgan fingerprint density at radius 2 is 2.07 bits per heavy atom. The van der Waals surface area contributed by atoms with E-state index < -0.39 is 0 Å². The molecule has 2 N–H and O–H groups in total. The van der Waals surface area contributed by atoms with Crippen molar-refractivity contribution < 1.29 is 0 Å². The van der Waals surface area contributed by atoms with E-state index in [1.165, 1.54) is 11.1 Å². The van der Waals surface area contributed by atoms with Crippen LogP contribution in [0.1, 0.15) is 11.1 Å². The Bertz CT molecular complexity index is 457. The minimum Gasteiger partial charge on any atom is -0.369 e. The summed E-state index contributed by atoms with van der Waals surface area (Å²) >= 11 is 0. The van der Waals surface area contributed by atoms with Gasteiger partial charge in [-0.05, 0) is 31.0 Å². The molecule has 0 aliphatic rings. The molecule has 2 rings (SSSR count). The van der Waals surface area contributed by atoms with Crippen molar-refractivity contribution in [1.29, 1.82) is 0 Å². The molecule has 0 bridgehead atoms. The smallest absolute Gasteiger partial charge is 0.204 e. The summed E-state index contributed by atoms with van der Waals surface area (Å²) in [6, 6.07) is 6.28. The van der Waals surface area contributed by atoms with Gasteiger partial charge in [-0.25, -0.2) is 4.98 Å². The number of benzene rings is 1. The Balaban J connectivity index is 2.62. The fourth-order valence-corrected chi connectivity index (χ4v) is 1.50. The quantitative estimate of drug-likeness (QED) is 0.742. The SMILES string of the molecule is Cc1ccc(C)c(-n2ccnc2N)c1. The number of aromatic nitrogens is 2. The molecule has 0 aliphatic heterocycles. The molecule has 1 aromatic carbocycles. The third kappa shape index (κ3) is 1.37. The molecule has 14 heavy (non-hydrogen) atoms. The van der Waals surface area contributed by atoms with Gasteiger partial charge >= 0.3 is 0 Å². The molecule has 0 radical (unpaired) electrons. The fourth-order valence-electron chi connectivity index (χ4n) is 1.50. The van der Waals surface area contributed by atoms with Gasteiger partial charge in [0.25, 0.3) is 0 Å². The van der Waals surface area contributed by atoms with Crippen molar-refractivity contribution in [1.82, 2.24) is 9.55 Å². The van der Waals surface area contributed by atoms with Crippen LogP contribution in [-0.4, -0.2) is 9.55 Å². The second kappa shape index (κ2) is 3.18. The molecule has 3 nitrogen and oxygen atoms in total. The van der Waals surface area contributed by atoms with Gasteiger partial charge in [-0.3, -0.25) is 4.57 Å². The number of nitrogens with zero attached hydrogens (tertiary/aromatic N) is 2. The number of aryl methyl sites for hydroxylation is 2. The van der Waals surface area contributed by atoms with Crippen LogP contribution in [0, 0.1) is 13.8 Å². The van der Waals surface area contributed by atoms with Crippen LogP contribution in [-0.2, 0) is 0 Å². The highest BCUT2D eigenvalue weighted by Gasteiger charge is 2.03. The maximum Gasteiger partial charge on any atom is 0.204 e. The number of anilines is 1. The van der Waals surface area contributed by atoms with Crippen LogP contribution in [0.3, 0.4) is 0 Å². The van der Waals surface area contributed by atoms with Crippen LogP contribution < -0.4 is 5.73 Å². The lowest BCUT2D eigenvalue weighted by molar-refractivity contribution is 1.05. The zero-order chi connectivity index (χ0) is 10.1. The highest BCUT2D eigenvalue weighted by Crippen LogP contribution is 2.18. The Kier molecular flexibility index (Phi) is 2.00. The normalized spacial score (nSPS) is 10.4. The number of nitrogens with two attached hydrogens (primary N) is 1. The van der Waals surface area contributed by atoms with Crippen molar-refractivity contribution >= 4 is 5.95 Å².